The fourth-order valence-electron chi connectivity index (χ4n) is 4.57. The van der Waals surface area contributed by atoms with E-state index in [1.807, 2.05) is 6.08 Å². The lowest BCUT2D eigenvalue weighted by atomic mass is 9.78. The van der Waals surface area contributed by atoms with Crippen LogP contribution >= 0.6 is 0 Å². The fraction of sp³-hybridized carbons (Fsp3) is 0.850. The van der Waals surface area contributed by atoms with Gasteiger partial charge in [0.15, 0.2) is 9.84 Å². The normalized spacial score (nSPS) is 34.3. The zero-order chi connectivity index (χ0) is 19.4. The fourth-order valence-corrected chi connectivity index (χ4v) is 6.41. The van der Waals surface area contributed by atoms with Crippen LogP contribution in [-0.2, 0) is 24.1 Å². The summed E-state index contributed by atoms with van der Waals surface area (Å²) in [4.78, 5) is 10.5. The van der Waals surface area contributed by atoms with Crippen molar-refractivity contribution in [1.29, 1.82) is 0 Å². The lowest BCUT2D eigenvalue weighted by Crippen LogP contribution is -2.37. The second kappa shape index (κ2) is 9.05. The Kier molecular flexibility index (Phi) is 6.98. The molecule has 1 N–H and O–H groups in total. The zero-order valence-corrected chi connectivity index (χ0v) is 16.9. The molecule has 3 aliphatic heterocycles. The van der Waals surface area contributed by atoms with Gasteiger partial charge < -0.3 is 14.6 Å². The molecule has 0 aromatic heterocycles. The van der Waals surface area contributed by atoms with Crippen LogP contribution in [0.4, 0.5) is 0 Å². The minimum Gasteiger partial charge on any atom is -0.481 e. The number of rotatable bonds is 13. The largest absolute Gasteiger partial charge is 0.481 e. The van der Waals surface area contributed by atoms with Gasteiger partial charge in [-0.15, -0.1) is 0 Å². The summed E-state index contributed by atoms with van der Waals surface area (Å²) in [6, 6.07) is 0. The molecule has 0 saturated carbocycles. The molecular weight excluding hydrogens is 368 g/mol. The number of sulfone groups is 1. The van der Waals surface area contributed by atoms with Crippen LogP contribution < -0.4 is 0 Å². The third kappa shape index (κ3) is 5.33. The molecule has 0 radical (unpaired) electrons. The van der Waals surface area contributed by atoms with Crippen LogP contribution in [-0.4, -0.2) is 55.4 Å². The number of allylic oxidation sites excluding steroid dienone is 2. The van der Waals surface area contributed by atoms with Gasteiger partial charge >= 0.3 is 5.97 Å². The first kappa shape index (κ1) is 20.8. The molecule has 3 fully saturated rings. The van der Waals surface area contributed by atoms with Crippen molar-refractivity contribution in [3.8, 4) is 0 Å². The Bertz CT molecular complexity index is 643. The van der Waals surface area contributed by atoms with Crippen LogP contribution in [0.1, 0.15) is 58.3 Å². The SMILES string of the molecule is CCCCCCS(=O)(=O)C[C@H]1[C@@H](C/C=C\CCCC(=O)O)[C@@H]2O[C@H]1[C@@H]1O[C@@H]12. The maximum absolute atomic E-state index is 12.6. The highest BCUT2D eigenvalue weighted by Crippen LogP contribution is 2.55. The van der Waals surface area contributed by atoms with E-state index in [1.165, 1.54) is 0 Å². The summed E-state index contributed by atoms with van der Waals surface area (Å²) in [5.41, 5.74) is 0. The van der Waals surface area contributed by atoms with Gasteiger partial charge in [0, 0.05) is 12.3 Å². The number of hydrogen-bond donors (Lipinski definition) is 1. The van der Waals surface area contributed by atoms with E-state index in [-0.39, 0.29) is 54.2 Å². The first-order valence-corrected chi connectivity index (χ1v) is 12.1. The number of unbranched alkanes of at least 4 members (excludes halogenated alkanes) is 4. The number of hydrogen-bond acceptors (Lipinski definition) is 5. The molecular formula is C20H32O6S. The number of carboxylic acids is 1. The lowest BCUT2D eigenvalue weighted by Gasteiger charge is -2.25. The molecule has 0 aromatic carbocycles. The molecule has 6 nitrogen and oxygen atoms in total. The van der Waals surface area contributed by atoms with E-state index in [0.717, 1.165) is 38.5 Å². The van der Waals surface area contributed by atoms with Crippen molar-refractivity contribution in [3.05, 3.63) is 12.2 Å². The van der Waals surface area contributed by atoms with E-state index >= 15 is 0 Å². The van der Waals surface area contributed by atoms with Gasteiger partial charge in [0.2, 0.25) is 0 Å². The summed E-state index contributed by atoms with van der Waals surface area (Å²) in [5.74, 6) is -0.109. The number of fused-ring (bicyclic) bond motifs is 5. The van der Waals surface area contributed by atoms with Crippen LogP contribution in [0.15, 0.2) is 12.2 Å². The van der Waals surface area contributed by atoms with Crippen molar-refractivity contribution in [2.75, 3.05) is 11.5 Å². The highest BCUT2D eigenvalue weighted by atomic mass is 32.2. The van der Waals surface area contributed by atoms with Crippen LogP contribution in [0.5, 0.6) is 0 Å². The quantitative estimate of drug-likeness (QED) is 0.290. The number of epoxide rings is 1. The third-order valence-electron chi connectivity index (χ3n) is 6.01. The minimum atomic E-state index is -3.08. The molecule has 0 aliphatic carbocycles. The standard InChI is InChI=1S/C20H32O6S/c1-2-3-4-9-12-27(23,24)13-15-14(10-7-5-6-8-11-16(21)22)17-19-20(26-19)18(15)25-17/h5,7,14-15,17-20H,2-4,6,8-13H2,1H3,(H,21,22)/b7-5-/t14-,15+,17+,18-,19-,20+/m1/s1. The summed E-state index contributed by atoms with van der Waals surface area (Å²) < 4.78 is 36.9. The maximum Gasteiger partial charge on any atom is 0.303 e. The van der Waals surface area contributed by atoms with Crippen LogP contribution in [0.25, 0.3) is 0 Å². The van der Waals surface area contributed by atoms with Gasteiger partial charge in [-0.2, -0.15) is 0 Å². The van der Waals surface area contributed by atoms with Gasteiger partial charge in [-0.1, -0.05) is 38.3 Å². The van der Waals surface area contributed by atoms with E-state index in [2.05, 4.69) is 13.0 Å². The summed E-state index contributed by atoms with van der Waals surface area (Å²) in [6.45, 7) is 2.12. The molecule has 0 spiro atoms. The Labute approximate surface area is 162 Å². The number of carbonyl (C=O) groups is 1. The predicted octanol–water partition coefficient (Wildman–Crippen LogP) is 2.96. The monoisotopic (exact) mass is 400 g/mol. The van der Waals surface area contributed by atoms with E-state index < -0.39 is 15.8 Å². The molecule has 0 aromatic rings. The second-order valence-corrected chi connectivity index (χ2v) is 10.4. The molecule has 0 amide bonds. The Morgan fingerprint density at radius 2 is 1.67 bits per heavy atom. The van der Waals surface area contributed by atoms with Crippen molar-refractivity contribution in [1.82, 2.24) is 0 Å². The summed E-state index contributed by atoms with van der Waals surface area (Å²) in [7, 11) is -3.08. The van der Waals surface area contributed by atoms with Gasteiger partial charge in [-0.05, 0) is 31.6 Å². The van der Waals surface area contributed by atoms with E-state index in [0.29, 0.717) is 6.42 Å². The van der Waals surface area contributed by atoms with Crippen molar-refractivity contribution in [2.24, 2.45) is 11.8 Å². The zero-order valence-electron chi connectivity index (χ0n) is 16.1. The van der Waals surface area contributed by atoms with Gasteiger partial charge in [0.05, 0.1) is 23.7 Å². The lowest BCUT2D eigenvalue weighted by molar-refractivity contribution is -0.137. The average molecular weight is 401 g/mol. The average Bonchev–Trinajstić information content (AvgIpc) is 3.24. The molecule has 3 heterocycles. The molecule has 154 valence electrons. The Morgan fingerprint density at radius 1 is 0.963 bits per heavy atom. The van der Waals surface area contributed by atoms with Gasteiger partial charge in [0.1, 0.15) is 12.2 Å². The van der Waals surface area contributed by atoms with Crippen molar-refractivity contribution < 1.29 is 27.8 Å². The predicted molar refractivity (Wildman–Crippen MR) is 102 cm³/mol. The van der Waals surface area contributed by atoms with Gasteiger partial charge in [0.25, 0.3) is 0 Å². The second-order valence-electron chi connectivity index (χ2n) is 8.13. The molecule has 27 heavy (non-hydrogen) atoms. The molecule has 3 saturated heterocycles. The molecule has 3 aliphatic rings. The topological polar surface area (TPSA) is 93.2 Å². The van der Waals surface area contributed by atoms with Gasteiger partial charge in [-0.25, -0.2) is 8.42 Å². The Hall–Kier alpha value is -0.920. The van der Waals surface area contributed by atoms with Crippen LogP contribution in [0.2, 0.25) is 0 Å². The number of ether oxygens (including phenoxy) is 2. The molecule has 0 unspecified atom stereocenters. The maximum atomic E-state index is 12.6. The van der Waals surface area contributed by atoms with Crippen molar-refractivity contribution in [3.63, 3.8) is 0 Å². The third-order valence-corrected chi connectivity index (χ3v) is 7.81. The molecule has 7 heteroatoms. The molecule has 2 bridgehead atoms. The van der Waals surface area contributed by atoms with Crippen LogP contribution in [0.3, 0.4) is 0 Å². The van der Waals surface area contributed by atoms with Gasteiger partial charge in [-0.3, -0.25) is 4.79 Å². The minimum absolute atomic E-state index is 0.0126. The highest BCUT2D eigenvalue weighted by molar-refractivity contribution is 7.91. The number of aliphatic carboxylic acids is 1. The number of carboxylic acid groups (broad SMARTS) is 1. The highest BCUT2D eigenvalue weighted by Gasteiger charge is 2.68. The summed E-state index contributed by atoms with van der Waals surface area (Å²) in [5, 5.41) is 8.67. The van der Waals surface area contributed by atoms with E-state index in [9.17, 15) is 13.2 Å². The van der Waals surface area contributed by atoms with E-state index in [4.69, 9.17) is 14.6 Å². The summed E-state index contributed by atoms with van der Waals surface area (Å²) in [6.07, 6.45) is 10.5. The Balaban J connectivity index is 1.51. The van der Waals surface area contributed by atoms with Crippen LogP contribution in [0, 0.1) is 11.8 Å². The first-order valence-electron chi connectivity index (χ1n) is 10.3. The smallest absolute Gasteiger partial charge is 0.303 e. The van der Waals surface area contributed by atoms with E-state index in [1.54, 1.807) is 0 Å². The molecule has 6 atom stereocenters. The molecule has 3 rings (SSSR count). The Morgan fingerprint density at radius 3 is 2.37 bits per heavy atom. The van der Waals surface area contributed by atoms with Crippen molar-refractivity contribution in [2.45, 2.75) is 82.7 Å². The first-order chi connectivity index (χ1) is 12.9. The van der Waals surface area contributed by atoms with Crippen molar-refractivity contribution >= 4 is 15.8 Å². The summed E-state index contributed by atoms with van der Waals surface area (Å²) >= 11 is 0.